The van der Waals surface area contributed by atoms with E-state index in [0.29, 0.717) is 6.42 Å². The number of rotatable bonds is 5. The Morgan fingerprint density at radius 2 is 1.80 bits per heavy atom. The number of hydrogen-bond acceptors (Lipinski definition) is 4. The van der Waals surface area contributed by atoms with Crippen molar-refractivity contribution in [2.24, 2.45) is 17.2 Å². The number of nitrogens with two attached hydrogens (primary N) is 3. The van der Waals surface area contributed by atoms with Gasteiger partial charge in [-0.1, -0.05) is 0 Å². The van der Waals surface area contributed by atoms with Crippen LogP contribution in [0, 0.1) is 0 Å². The van der Waals surface area contributed by atoms with Crippen molar-refractivity contribution in [1.82, 2.24) is 0 Å². The summed E-state index contributed by atoms with van der Waals surface area (Å²) in [6, 6.07) is -0.348. The molecule has 0 fully saturated rings. The van der Waals surface area contributed by atoms with Crippen molar-refractivity contribution >= 4 is 6.29 Å². The normalized spacial score (nSPS) is 13.6. The average Bonchev–Trinajstić information content (AvgIpc) is 1.87. The molecule has 0 spiro atoms. The van der Waals surface area contributed by atoms with Crippen LogP contribution >= 0.6 is 0 Å². The second kappa shape index (κ2) is 5.34. The minimum Gasteiger partial charge on any atom is -0.322 e. The molecule has 1 atom stereocenters. The molecule has 0 radical (unpaired) electrons. The fourth-order valence-electron chi connectivity index (χ4n) is 0.657. The SMILES string of the molecule is NC(N)CCC[C@H](N)C=O. The van der Waals surface area contributed by atoms with Crippen molar-refractivity contribution in [2.45, 2.75) is 31.5 Å². The molecular formula is C6H15N3O. The molecule has 0 aromatic rings. The Labute approximate surface area is 60.7 Å². The molecular weight excluding hydrogens is 130 g/mol. The van der Waals surface area contributed by atoms with Crippen LogP contribution in [0.3, 0.4) is 0 Å². The molecule has 4 heteroatoms. The fourth-order valence-corrected chi connectivity index (χ4v) is 0.657. The standard InChI is InChI=1S/C6H15N3O/c7-5(4-10)2-1-3-6(8)9/h4-6H,1-3,7-9H2/t5-/m0/s1. The lowest BCUT2D eigenvalue weighted by Crippen LogP contribution is -2.31. The zero-order valence-corrected chi connectivity index (χ0v) is 5.99. The smallest absolute Gasteiger partial charge is 0.136 e. The Kier molecular flexibility index (Phi) is 5.10. The molecule has 0 aliphatic heterocycles. The maximum absolute atomic E-state index is 9.99. The van der Waals surface area contributed by atoms with E-state index in [4.69, 9.17) is 17.2 Å². The van der Waals surface area contributed by atoms with Gasteiger partial charge in [0.1, 0.15) is 6.29 Å². The maximum Gasteiger partial charge on any atom is 0.136 e. The Balaban J connectivity index is 3.11. The summed E-state index contributed by atoms with van der Waals surface area (Å²) in [5.41, 5.74) is 15.8. The molecule has 0 heterocycles. The average molecular weight is 145 g/mol. The van der Waals surface area contributed by atoms with E-state index < -0.39 is 0 Å². The predicted octanol–water partition coefficient (Wildman–Crippen LogP) is -1.07. The van der Waals surface area contributed by atoms with Crippen LogP contribution in [0.15, 0.2) is 0 Å². The van der Waals surface area contributed by atoms with E-state index in [0.717, 1.165) is 19.1 Å². The minimum atomic E-state index is -0.348. The van der Waals surface area contributed by atoms with Gasteiger partial charge in [-0.15, -0.1) is 0 Å². The first kappa shape index (κ1) is 9.55. The van der Waals surface area contributed by atoms with Crippen LogP contribution in [0.4, 0.5) is 0 Å². The van der Waals surface area contributed by atoms with E-state index in [1.54, 1.807) is 0 Å². The summed E-state index contributed by atoms with van der Waals surface area (Å²) in [6.45, 7) is 0. The molecule has 0 saturated carbocycles. The lowest BCUT2D eigenvalue weighted by atomic mass is 10.1. The third kappa shape index (κ3) is 5.68. The van der Waals surface area contributed by atoms with Crippen molar-refractivity contribution in [1.29, 1.82) is 0 Å². The van der Waals surface area contributed by atoms with Crippen LogP contribution in [0.25, 0.3) is 0 Å². The summed E-state index contributed by atoms with van der Waals surface area (Å²) < 4.78 is 0. The summed E-state index contributed by atoms with van der Waals surface area (Å²) in [6.07, 6.45) is 2.68. The quantitative estimate of drug-likeness (QED) is 0.339. The van der Waals surface area contributed by atoms with E-state index in [-0.39, 0.29) is 12.2 Å². The summed E-state index contributed by atoms with van der Waals surface area (Å²) in [5, 5.41) is 0. The van der Waals surface area contributed by atoms with Crippen molar-refractivity contribution in [2.75, 3.05) is 0 Å². The summed E-state index contributed by atoms with van der Waals surface area (Å²) in [5.74, 6) is 0. The second-order valence-electron chi connectivity index (χ2n) is 2.39. The van der Waals surface area contributed by atoms with Gasteiger partial charge >= 0.3 is 0 Å². The Morgan fingerprint density at radius 1 is 1.20 bits per heavy atom. The van der Waals surface area contributed by atoms with Crippen molar-refractivity contribution < 1.29 is 4.79 Å². The van der Waals surface area contributed by atoms with Gasteiger partial charge in [0.2, 0.25) is 0 Å². The largest absolute Gasteiger partial charge is 0.322 e. The highest BCUT2D eigenvalue weighted by Gasteiger charge is 2.00. The van der Waals surface area contributed by atoms with E-state index in [1.807, 2.05) is 0 Å². The summed E-state index contributed by atoms with van der Waals surface area (Å²) >= 11 is 0. The van der Waals surface area contributed by atoms with Crippen LogP contribution in [0.1, 0.15) is 19.3 Å². The first-order chi connectivity index (χ1) is 4.66. The van der Waals surface area contributed by atoms with Gasteiger partial charge in [-0.3, -0.25) is 0 Å². The molecule has 0 aliphatic carbocycles. The Hall–Kier alpha value is -0.450. The fraction of sp³-hybridized carbons (Fsp3) is 0.833. The molecule has 4 nitrogen and oxygen atoms in total. The van der Waals surface area contributed by atoms with Gasteiger partial charge in [-0.25, -0.2) is 0 Å². The van der Waals surface area contributed by atoms with Crippen molar-refractivity contribution in [3.63, 3.8) is 0 Å². The molecule has 0 unspecified atom stereocenters. The molecule has 0 saturated heterocycles. The third-order valence-electron chi connectivity index (χ3n) is 1.25. The van der Waals surface area contributed by atoms with Gasteiger partial charge in [0.05, 0.1) is 12.2 Å². The first-order valence-electron chi connectivity index (χ1n) is 3.39. The molecule has 0 rings (SSSR count). The van der Waals surface area contributed by atoms with Gasteiger partial charge in [0.25, 0.3) is 0 Å². The Morgan fingerprint density at radius 3 is 2.20 bits per heavy atom. The molecule has 0 aromatic carbocycles. The van der Waals surface area contributed by atoms with Crippen LogP contribution in [-0.4, -0.2) is 18.5 Å². The number of carbonyl (C=O) groups is 1. The van der Waals surface area contributed by atoms with Crippen LogP contribution in [0.5, 0.6) is 0 Å². The monoisotopic (exact) mass is 145 g/mol. The van der Waals surface area contributed by atoms with E-state index in [2.05, 4.69) is 0 Å². The highest BCUT2D eigenvalue weighted by atomic mass is 16.1. The topological polar surface area (TPSA) is 95.1 Å². The first-order valence-corrected chi connectivity index (χ1v) is 3.39. The van der Waals surface area contributed by atoms with Gasteiger partial charge in [0.15, 0.2) is 0 Å². The van der Waals surface area contributed by atoms with Crippen molar-refractivity contribution in [3.8, 4) is 0 Å². The molecule has 0 amide bonds. The van der Waals surface area contributed by atoms with Crippen molar-refractivity contribution in [3.05, 3.63) is 0 Å². The zero-order valence-electron chi connectivity index (χ0n) is 5.99. The Bertz CT molecular complexity index is 95.0. The molecule has 0 aliphatic rings. The number of aldehydes is 1. The van der Waals surface area contributed by atoms with Gasteiger partial charge in [0, 0.05) is 0 Å². The minimum absolute atomic E-state index is 0.279. The zero-order chi connectivity index (χ0) is 7.98. The van der Waals surface area contributed by atoms with Gasteiger partial charge in [-0.2, -0.15) is 0 Å². The molecule has 60 valence electrons. The van der Waals surface area contributed by atoms with E-state index in [1.165, 1.54) is 0 Å². The molecule has 0 bridgehead atoms. The highest BCUT2D eigenvalue weighted by molar-refractivity contribution is 5.56. The number of hydrogen-bond donors (Lipinski definition) is 3. The maximum atomic E-state index is 9.99. The van der Waals surface area contributed by atoms with Crippen LogP contribution in [0.2, 0.25) is 0 Å². The summed E-state index contributed by atoms with van der Waals surface area (Å²) in [4.78, 5) is 9.99. The lowest BCUT2D eigenvalue weighted by Gasteiger charge is -2.05. The third-order valence-corrected chi connectivity index (χ3v) is 1.25. The highest BCUT2D eigenvalue weighted by Crippen LogP contribution is 1.96. The molecule has 6 N–H and O–H groups in total. The molecule has 10 heavy (non-hydrogen) atoms. The summed E-state index contributed by atoms with van der Waals surface area (Å²) in [7, 11) is 0. The van der Waals surface area contributed by atoms with Gasteiger partial charge < -0.3 is 22.0 Å². The van der Waals surface area contributed by atoms with E-state index in [9.17, 15) is 4.79 Å². The lowest BCUT2D eigenvalue weighted by molar-refractivity contribution is -0.109. The van der Waals surface area contributed by atoms with E-state index >= 15 is 0 Å². The van der Waals surface area contributed by atoms with Gasteiger partial charge in [-0.05, 0) is 19.3 Å². The predicted molar refractivity (Wildman–Crippen MR) is 40.1 cm³/mol. The number of carbonyl (C=O) groups excluding carboxylic acids is 1. The van der Waals surface area contributed by atoms with Crippen LogP contribution in [-0.2, 0) is 4.79 Å². The molecule has 0 aromatic heterocycles. The van der Waals surface area contributed by atoms with Crippen LogP contribution < -0.4 is 17.2 Å². The second-order valence-corrected chi connectivity index (χ2v) is 2.39.